The molecule has 0 aromatic heterocycles. The van der Waals surface area contributed by atoms with Crippen molar-refractivity contribution in [2.45, 2.75) is 70.0 Å². The Kier molecular flexibility index (Phi) is 8.26. The van der Waals surface area contributed by atoms with Crippen LogP contribution in [0.5, 0.6) is 0 Å². The van der Waals surface area contributed by atoms with E-state index < -0.39 is 0 Å². The highest BCUT2D eigenvalue weighted by molar-refractivity contribution is 6.18. The van der Waals surface area contributed by atoms with Gasteiger partial charge in [0.05, 0.1) is 12.2 Å². The van der Waals surface area contributed by atoms with E-state index in [4.69, 9.17) is 16.3 Å². The van der Waals surface area contributed by atoms with Crippen LogP contribution in [0.3, 0.4) is 0 Å². The van der Waals surface area contributed by atoms with Crippen LogP contribution in [0.25, 0.3) is 0 Å². The number of ether oxygens (including phenoxy) is 1. The molecule has 1 rings (SSSR count). The topological polar surface area (TPSA) is 29.5 Å². The summed E-state index contributed by atoms with van der Waals surface area (Å²) in [6.07, 6.45) is 11.0. The second-order valence-corrected chi connectivity index (χ2v) is 5.10. The Labute approximate surface area is 104 Å². The van der Waals surface area contributed by atoms with Crippen LogP contribution in [0.1, 0.15) is 57.8 Å². The van der Waals surface area contributed by atoms with Crippen LogP contribution in [-0.2, 0) is 4.74 Å². The minimum Gasteiger partial charge on any atom is -0.392 e. The molecule has 2 nitrogen and oxygen atoms in total. The van der Waals surface area contributed by atoms with Crippen molar-refractivity contribution in [3.05, 3.63) is 0 Å². The van der Waals surface area contributed by atoms with Crippen LogP contribution < -0.4 is 0 Å². The van der Waals surface area contributed by atoms with Gasteiger partial charge in [0.2, 0.25) is 0 Å². The van der Waals surface area contributed by atoms with E-state index >= 15 is 0 Å². The molecule has 1 aliphatic heterocycles. The molecule has 0 aromatic rings. The van der Waals surface area contributed by atoms with Crippen LogP contribution in [-0.4, -0.2) is 29.8 Å². The molecule has 96 valence electrons. The van der Waals surface area contributed by atoms with Crippen molar-refractivity contribution in [2.24, 2.45) is 0 Å². The highest BCUT2D eigenvalue weighted by Gasteiger charge is 2.12. The maximum Gasteiger partial charge on any atom is 0.0675 e. The summed E-state index contributed by atoms with van der Waals surface area (Å²) in [5.41, 5.74) is 0. The van der Waals surface area contributed by atoms with Gasteiger partial charge in [0.1, 0.15) is 0 Å². The van der Waals surface area contributed by atoms with Crippen LogP contribution in [0.15, 0.2) is 0 Å². The fourth-order valence-corrected chi connectivity index (χ4v) is 2.37. The molecule has 0 bridgehead atoms. The summed E-state index contributed by atoms with van der Waals surface area (Å²) in [6.45, 7) is 0.965. The van der Waals surface area contributed by atoms with Gasteiger partial charge in [0.25, 0.3) is 0 Å². The minimum atomic E-state index is -0.302. The van der Waals surface area contributed by atoms with Gasteiger partial charge in [-0.15, -0.1) is 11.6 Å². The Bertz CT molecular complexity index is 158. The third-order valence-electron chi connectivity index (χ3n) is 3.27. The lowest BCUT2D eigenvalue weighted by Crippen LogP contribution is -2.18. The minimum absolute atomic E-state index is 0.302. The molecular weight excluding hydrogens is 224 g/mol. The Morgan fingerprint density at radius 3 is 2.69 bits per heavy atom. The van der Waals surface area contributed by atoms with Crippen LogP contribution in [0.4, 0.5) is 0 Å². The second kappa shape index (κ2) is 9.26. The van der Waals surface area contributed by atoms with Crippen molar-refractivity contribution in [3.8, 4) is 0 Å². The van der Waals surface area contributed by atoms with E-state index in [-0.39, 0.29) is 6.10 Å². The maximum atomic E-state index is 9.27. The van der Waals surface area contributed by atoms with Gasteiger partial charge in [0, 0.05) is 12.5 Å². The molecule has 0 aromatic carbocycles. The molecule has 0 radical (unpaired) electrons. The summed E-state index contributed by atoms with van der Waals surface area (Å²) in [4.78, 5) is 0. The predicted octanol–water partition coefficient (Wildman–Crippen LogP) is 3.50. The van der Waals surface area contributed by atoms with Crippen LogP contribution in [0, 0.1) is 0 Å². The second-order valence-electron chi connectivity index (χ2n) is 4.79. The molecule has 1 N–H and O–H groups in total. The molecule has 2 atom stereocenters. The van der Waals surface area contributed by atoms with Crippen molar-refractivity contribution < 1.29 is 9.84 Å². The van der Waals surface area contributed by atoms with E-state index in [1.807, 2.05) is 0 Å². The molecule has 1 heterocycles. The molecule has 1 saturated heterocycles. The molecule has 2 unspecified atom stereocenters. The third-order valence-corrected chi connectivity index (χ3v) is 3.62. The van der Waals surface area contributed by atoms with Gasteiger partial charge in [0.15, 0.2) is 0 Å². The zero-order valence-corrected chi connectivity index (χ0v) is 10.9. The summed E-state index contributed by atoms with van der Waals surface area (Å²) in [6, 6.07) is 0. The maximum absolute atomic E-state index is 9.27. The Morgan fingerprint density at radius 2 is 2.00 bits per heavy atom. The molecule has 1 aliphatic rings. The van der Waals surface area contributed by atoms with Gasteiger partial charge in [-0.25, -0.2) is 0 Å². The van der Waals surface area contributed by atoms with Crippen molar-refractivity contribution in [2.75, 3.05) is 12.5 Å². The predicted molar refractivity (Wildman–Crippen MR) is 68.0 cm³/mol. The zero-order valence-electron chi connectivity index (χ0n) is 10.2. The molecular formula is C13H25ClO2. The molecule has 3 heteroatoms. The standard InChI is InChI=1S/C13H25ClO2/c14-11-12(15)7-3-1-2-4-8-13-9-5-6-10-16-13/h12-13,15H,1-11H2. The average molecular weight is 249 g/mol. The van der Waals surface area contributed by atoms with Gasteiger partial charge < -0.3 is 9.84 Å². The molecule has 0 saturated carbocycles. The first-order chi connectivity index (χ1) is 7.83. The van der Waals surface area contributed by atoms with Gasteiger partial charge in [-0.3, -0.25) is 0 Å². The third kappa shape index (κ3) is 6.72. The van der Waals surface area contributed by atoms with E-state index in [0.717, 1.165) is 19.4 Å². The first kappa shape index (κ1) is 14.3. The van der Waals surface area contributed by atoms with Crippen LogP contribution >= 0.6 is 11.6 Å². The first-order valence-electron chi connectivity index (χ1n) is 6.68. The Hall–Kier alpha value is 0.210. The zero-order chi connectivity index (χ0) is 11.6. The van der Waals surface area contributed by atoms with Crippen LogP contribution in [0.2, 0.25) is 0 Å². The quantitative estimate of drug-likeness (QED) is 0.526. The SMILES string of the molecule is OC(CCl)CCCCCCC1CCCCO1. The number of aliphatic hydroxyl groups excluding tert-OH is 1. The summed E-state index contributed by atoms with van der Waals surface area (Å²) in [5.74, 6) is 0.371. The van der Waals surface area contributed by atoms with Crippen molar-refractivity contribution in [3.63, 3.8) is 0 Å². The van der Waals surface area contributed by atoms with E-state index in [1.165, 1.54) is 44.9 Å². The largest absolute Gasteiger partial charge is 0.392 e. The van der Waals surface area contributed by atoms with E-state index in [1.54, 1.807) is 0 Å². The summed E-state index contributed by atoms with van der Waals surface area (Å²) in [5, 5.41) is 9.27. The lowest BCUT2D eigenvalue weighted by molar-refractivity contribution is 0.00974. The highest BCUT2D eigenvalue weighted by Crippen LogP contribution is 2.18. The lowest BCUT2D eigenvalue weighted by atomic mass is 10.0. The number of aliphatic hydroxyl groups is 1. The number of hydrogen-bond acceptors (Lipinski definition) is 2. The Balaban J connectivity index is 1.84. The van der Waals surface area contributed by atoms with Crippen molar-refractivity contribution in [1.82, 2.24) is 0 Å². The molecule has 0 spiro atoms. The van der Waals surface area contributed by atoms with Crippen molar-refractivity contribution in [1.29, 1.82) is 0 Å². The van der Waals surface area contributed by atoms with E-state index in [2.05, 4.69) is 0 Å². The molecule has 1 fully saturated rings. The lowest BCUT2D eigenvalue weighted by Gasteiger charge is -2.22. The number of alkyl halides is 1. The number of hydrogen-bond donors (Lipinski definition) is 1. The van der Waals surface area contributed by atoms with Gasteiger partial charge in [-0.1, -0.05) is 25.7 Å². The number of rotatable bonds is 8. The van der Waals surface area contributed by atoms with E-state index in [0.29, 0.717) is 12.0 Å². The van der Waals surface area contributed by atoms with Gasteiger partial charge >= 0.3 is 0 Å². The summed E-state index contributed by atoms with van der Waals surface area (Å²) in [7, 11) is 0. The van der Waals surface area contributed by atoms with E-state index in [9.17, 15) is 5.11 Å². The number of halogens is 1. The van der Waals surface area contributed by atoms with Crippen molar-refractivity contribution >= 4 is 11.6 Å². The van der Waals surface area contributed by atoms with Gasteiger partial charge in [-0.05, 0) is 32.1 Å². The monoisotopic (exact) mass is 248 g/mol. The fraction of sp³-hybridized carbons (Fsp3) is 1.00. The summed E-state index contributed by atoms with van der Waals surface area (Å²) >= 11 is 5.53. The average Bonchev–Trinajstić information content (AvgIpc) is 2.34. The molecule has 0 amide bonds. The fourth-order valence-electron chi connectivity index (χ4n) is 2.22. The normalized spacial score (nSPS) is 23.2. The molecule has 16 heavy (non-hydrogen) atoms. The smallest absolute Gasteiger partial charge is 0.0675 e. The summed E-state index contributed by atoms with van der Waals surface area (Å²) < 4.78 is 5.68. The molecule has 0 aliphatic carbocycles. The van der Waals surface area contributed by atoms with Gasteiger partial charge in [-0.2, -0.15) is 0 Å². The first-order valence-corrected chi connectivity index (χ1v) is 7.22. The number of unbranched alkanes of at least 4 members (excludes halogenated alkanes) is 3. The Morgan fingerprint density at radius 1 is 1.19 bits per heavy atom. The highest BCUT2D eigenvalue weighted by atomic mass is 35.5.